The van der Waals surface area contributed by atoms with Crippen LogP contribution in [0.15, 0.2) is 30.6 Å². The van der Waals surface area contributed by atoms with Gasteiger partial charge >= 0.3 is 6.03 Å². The van der Waals surface area contributed by atoms with E-state index in [0.717, 1.165) is 24.7 Å². The molecule has 1 aliphatic rings. The molecule has 0 radical (unpaired) electrons. The van der Waals surface area contributed by atoms with Crippen LogP contribution in [0.4, 0.5) is 26.5 Å². The Morgan fingerprint density at radius 2 is 2.00 bits per heavy atom. The highest BCUT2D eigenvalue weighted by Crippen LogP contribution is 2.20. The Kier molecular flexibility index (Phi) is 6.06. The summed E-state index contributed by atoms with van der Waals surface area (Å²) in [5, 5.41) is 8.41. The predicted molar refractivity (Wildman–Crippen MR) is 100 cm³/mol. The molecule has 2 aromatic rings. The van der Waals surface area contributed by atoms with E-state index < -0.39 is 11.8 Å². The van der Waals surface area contributed by atoms with Crippen molar-refractivity contribution in [3.63, 3.8) is 0 Å². The first-order chi connectivity index (χ1) is 12.6. The van der Waals surface area contributed by atoms with Gasteiger partial charge in [0.2, 0.25) is 0 Å². The molecule has 0 spiro atoms. The Morgan fingerprint density at radius 1 is 1.19 bits per heavy atom. The molecule has 1 aromatic heterocycles. The number of urea groups is 1. The zero-order chi connectivity index (χ0) is 18.4. The lowest BCUT2D eigenvalue weighted by atomic mass is 10.3. The van der Waals surface area contributed by atoms with E-state index in [-0.39, 0.29) is 5.02 Å². The number of nitrogens with zero attached hydrogens (tertiary/aromatic N) is 3. The summed E-state index contributed by atoms with van der Waals surface area (Å²) in [5.41, 5.74) is 0.424. The Morgan fingerprint density at radius 3 is 2.77 bits per heavy atom. The molecular formula is C17H20ClFN6O. The first-order valence-corrected chi connectivity index (χ1v) is 8.80. The molecule has 1 aromatic carbocycles. The summed E-state index contributed by atoms with van der Waals surface area (Å²) in [6, 6.07) is 5.52. The first kappa shape index (κ1) is 18.2. The number of carbonyl (C=O) groups excluding carboxylic acids is 1. The lowest BCUT2D eigenvalue weighted by molar-refractivity contribution is 0.252. The van der Waals surface area contributed by atoms with Gasteiger partial charge in [-0.25, -0.2) is 19.2 Å². The quantitative estimate of drug-likeness (QED) is 0.673. The van der Waals surface area contributed by atoms with Crippen LogP contribution in [0, 0.1) is 5.82 Å². The van der Waals surface area contributed by atoms with E-state index >= 15 is 0 Å². The fourth-order valence-electron chi connectivity index (χ4n) is 2.68. The molecule has 2 amide bonds. The van der Waals surface area contributed by atoms with Crippen LogP contribution in [0.25, 0.3) is 0 Å². The van der Waals surface area contributed by atoms with E-state index in [2.05, 4.69) is 30.8 Å². The SMILES string of the molecule is O=C(NCCNc1cc(N2CCCC2)ncn1)Nc1ccc(F)c(Cl)c1. The highest BCUT2D eigenvalue weighted by Gasteiger charge is 2.13. The van der Waals surface area contributed by atoms with Crippen molar-refractivity contribution >= 4 is 35.0 Å². The highest BCUT2D eigenvalue weighted by molar-refractivity contribution is 6.31. The molecule has 0 saturated carbocycles. The van der Waals surface area contributed by atoms with Crippen molar-refractivity contribution in [3.05, 3.63) is 41.4 Å². The lowest BCUT2D eigenvalue weighted by Gasteiger charge is -2.16. The van der Waals surface area contributed by atoms with Crippen molar-refractivity contribution in [1.82, 2.24) is 15.3 Å². The third-order valence-corrected chi connectivity index (χ3v) is 4.27. The van der Waals surface area contributed by atoms with Crippen LogP contribution in [-0.4, -0.2) is 42.2 Å². The average Bonchev–Trinajstić information content (AvgIpc) is 3.17. The second-order valence-electron chi connectivity index (χ2n) is 5.89. The maximum absolute atomic E-state index is 13.1. The number of benzene rings is 1. The van der Waals surface area contributed by atoms with E-state index in [0.29, 0.717) is 18.8 Å². The van der Waals surface area contributed by atoms with Crippen molar-refractivity contribution in [2.45, 2.75) is 12.8 Å². The number of nitrogens with one attached hydrogen (secondary N) is 3. The first-order valence-electron chi connectivity index (χ1n) is 8.42. The van der Waals surface area contributed by atoms with Gasteiger partial charge in [0.1, 0.15) is 23.8 Å². The van der Waals surface area contributed by atoms with Gasteiger partial charge in [0.05, 0.1) is 5.02 Å². The molecule has 3 N–H and O–H groups in total. The third-order valence-electron chi connectivity index (χ3n) is 3.98. The van der Waals surface area contributed by atoms with Gasteiger partial charge in [0.25, 0.3) is 0 Å². The Balaban J connectivity index is 1.41. The van der Waals surface area contributed by atoms with Crippen LogP contribution in [0.2, 0.25) is 5.02 Å². The van der Waals surface area contributed by atoms with Crippen LogP contribution < -0.4 is 20.9 Å². The minimum absolute atomic E-state index is 0.0398. The number of carbonyl (C=O) groups is 1. The van der Waals surface area contributed by atoms with Gasteiger partial charge in [-0.3, -0.25) is 0 Å². The second kappa shape index (κ2) is 8.66. The normalized spacial score (nSPS) is 13.5. The average molecular weight is 379 g/mol. The standard InChI is InChI=1S/C17H20ClFN6O/c18-13-9-12(3-4-14(13)19)24-17(26)21-6-5-20-15-10-16(23-11-22-15)25-7-1-2-8-25/h3-4,9-11H,1-2,5-8H2,(H,20,22,23)(H2,21,24,26). The smallest absolute Gasteiger partial charge is 0.319 e. The van der Waals surface area contributed by atoms with Gasteiger partial charge < -0.3 is 20.9 Å². The highest BCUT2D eigenvalue weighted by atomic mass is 35.5. The van der Waals surface area contributed by atoms with Crippen LogP contribution in [0.5, 0.6) is 0 Å². The summed E-state index contributed by atoms with van der Waals surface area (Å²) < 4.78 is 13.1. The van der Waals surface area contributed by atoms with E-state index in [9.17, 15) is 9.18 Å². The fraction of sp³-hybridized carbons (Fsp3) is 0.353. The molecule has 1 fully saturated rings. The summed E-state index contributed by atoms with van der Waals surface area (Å²) in [4.78, 5) is 22.5. The Labute approximate surface area is 156 Å². The molecule has 26 heavy (non-hydrogen) atoms. The number of rotatable bonds is 6. The van der Waals surface area contributed by atoms with E-state index in [1.807, 2.05) is 6.07 Å². The molecule has 3 rings (SSSR count). The van der Waals surface area contributed by atoms with Crippen molar-refractivity contribution in [3.8, 4) is 0 Å². The van der Waals surface area contributed by atoms with Crippen molar-refractivity contribution in [1.29, 1.82) is 0 Å². The summed E-state index contributed by atoms with van der Waals surface area (Å²) in [6.07, 6.45) is 3.91. The Bertz CT molecular complexity index is 769. The van der Waals surface area contributed by atoms with Gasteiger partial charge in [-0.1, -0.05) is 11.6 Å². The molecule has 7 nitrogen and oxygen atoms in total. The van der Waals surface area contributed by atoms with Crippen LogP contribution in [0.3, 0.4) is 0 Å². The van der Waals surface area contributed by atoms with Crippen molar-refractivity contribution < 1.29 is 9.18 Å². The second-order valence-corrected chi connectivity index (χ2v) is 6.30. The summed E-state index contributed by atoms with van der Waals surface area (Å²) >= 11 is 5.68. The largest absolute Gasteiger partial charge is 0.368 e. The maximum Gasteiger partial charge on any atom is 0.319 e. The number of hydrogen-bond donors (Lipinski definition) is 3. The molecule has 0 unspecified atom stereocenters. The van der Waals surface area contributed by atoms with Crippen LogP contribution in [0.1, 0.15) is 12.8 Å². The summed E-state index contributed by atoms with van der Waals surface area (Å²) in [5.74, 6) is 1.10. The number of anilines is 3. The maximum atomic E-state index is 13.1. The number of hydrogen-bond acceptors (Lipinski definition) is 5. The number of amides is 2. The molecule has 0 bridgehead atoms. The molecule has 1 saturated heterocycles. The monoisotopic (exact) mass is 378 g/mol. The predicted octanol–water partition coefficient (Wildman–Crippen LogP) is 3.10. The molecular weight excluding hydrogens is 359 g/mol. The molecule has 1 aliphatic heterocycles. The molecule has 138 valence electrons. The van der Waals surface area contributed by atoms with E-state index in [4.69, 9.17) is 11.6 Å². The zero-order valence-electron chi connectivity index (χ0n) is 14.1. The molecule has 0 aliphatic carbocycles. The van der Waals surface area contributed by atoms with Crippen molar-refractivity contribution in [2.24, 2.45) is 0 Å². The minimum atomic E-state index is -0.528. The fourth-order valence-corrected chi connectivity index (χ4v) is 2.86. The van der Waals surface area contributed by atoms with E-state index in [1.54, 1.807) is 0 Å². The van der Waals surface area contributed by atoms with E-state index in [1.165, 1.54) is 37.4 Å². The number of halogens is 2. The van der Waals surface area contributed by atoms with Gasteiger partial charge in [0, 0.05) is 37.9 Å². The lowest BCUT2D eigenvalue weighted by Crippen LogP contribution is -2.32. The molecule has 9 heteroatoms. The van der Waals surface area contributed by atoms with Gasteiger partial charge in [-0.05, 0) is 31.0 Å². The van der Waals surface area contributed by atoms with Gasteiger partial charge in [-0.15, -0.1) is 0 Å². The third kappa shape index (κ3) is 4.95. The van der Waals surface area contributed by atoms with Crippen molar-refractivity contribution in [2.75, 3.05) is 41.7 Å². The van der Waals surface area contributed by atoms with Gasteiger partial charge in [-0.2, -0.15) is 0 Å². The molecule has 0 atom stereocenters. The number of aromatic nitrogens is 2. The molecule has 2 heterocycles. The minimum Gasteiger partial charge on any atom is -0.368 e. The van der Waals surface area contributed by atoms with Crippen LogP contribution in [-0.2, 0) is 0 Å². The summed E-state index contributed by atoms with van der Waals surface area (Å²) in [6.45, 7) is 2.94. The van der Waals surface area contributed by atoms with Gasteiger partial charge in [0.15, 0.2) is 0 Å². The Hall–Kier alpha value is -2.61. The topological polar surface area (TPSA) is 82.2 Å². The van der Waals surface area contributed by atoms with Crippen LogP contribution >= 0.6 is 11.6 Å². The zero-order valence-corrected chi connectivity index (χ0v) is 14.9. The summed E-state index contributed by atoms with van der Waals surface area (Å²) in [7, 11) is 0.